The number of thiophene rings is 1. The second kappa shape index (κ2) is 10.1. The summed E-state index contributed by atoms with van der Waals surface area (Å²) in [6.07, 6.45) is 0.684. The maximum absolute atomic E-state index is 12.7. The minimum atomic E-state index is -0.495. The lowest BCUT2D eigenvalue weighted by molar-refractivity contribution is -0.113. The number of ether oxygens (including phenoxy) is 1. The maximum Gasteiger partial charge on any atom is 0.350 e. The minimum Gasteiger partial charge on any atom is -0.465 e. The highest BCUT2D eigenvalue weighted by Gasteiger charge is 2.22. The molecule has 0 spiro atoms. The molecule has 1 amide bonds. The van der Waals surface area contributed by atoms with Gasteiger partial charge in [0.15, 0.2) is 5.16 Å². The van der Waals surface area contributed by atoms with Crippen LogP contribution in [0.2, 0.25) is 0 Å². The number of amides is 1. The molecule has 0 aliphatic carbocycles. The predicted molar refractivity (Wildman–Crippen MR) is 124 cm³/mol. The second-order valence-corrected chi connectivity index (χ2v) is 9.11. The number of esters is 1. The van der Waals surface area contributed by atoms with Gasteiger partial charge in [0.25, 0.3) is 5.56 Å². The summed E-state index contributed by atoms with van der Waals surface area (Å²) in [6, 6.07) is 11.8. The Morgan fingerprint density at radius 2 is 2.09 bits per heavy atom. The third-order valence-electron chi connectivity index (χ3n) is 5.03. The predicted octanol–water partition coefficient (Wildman–Crippen LogP) is 2.91. The van der Waals surface area contributed by atoms with E-state index in [0.717, 1.165) is 30.5 Å². The SMILES string of the molecule is COC(=O)c1sccc1NC(=O)CSc1nc2c(c(=O)[nH]1)CN(Cc1ccccc1)CC2. The lowest BCUT2D eigenvalue weighted by atomic mass is 10.1. The molecule has 0 saturated carbocycles. The molecule has 0 fully saturated rings. The van der Waals surface area contributed by atoms with Gasteiger partial charge in [-0.1, -0.05) is 42.1 Å². The van der Waals surface area contributed by atoms with Crippen LogP contribution in [0.5, 0.6) is 0 Å². The third-order valence-corrected chi connectivity index (χ3v) is 6.79. The lowest BCUT2D eigenvalue weighted by Gasteiger charge is -2.27. The molecule has 1 aromatic carbocycles. The highest BCUT2D eigenvalue weighted by molar-refractivity contribution is 7.99. The number of aromatic amines is 1. The Kier molecular flexibility index (Phi) is 7.03. The number of benzene rings is 1. The number of nitrogens with one attached hydrogen (secondary N) is 2. The van der Waals surface area contributed by atoms with Gasteiger partial charge in [0, 0.05) is 26.1 Å². The van der Waals surface area contributed by atoms with Gasteiger partial charge in [0.1, 0.15) is 4.88 Å². The van der Waals surface area contributed by atoms with Gasteiger partial charge in [-0.05, 0) is 17.0 Å². The van der Waals surface area contributed by atoms with E-state index in [2.05, 4.69) is 32.3 Å². The summed E-state index contributed by atoms with van der Waals surface area (Å²) in [5.74, 6) is -0.740. The van der Waals surface area contributed by atoms with Crippen LogP contribution in [-0.4, -0.2) is 46.2 Å². The van der Waals surface area contributed by atoms with Crippen LogP contribution in [0.15, 0.2) is 51.7 Å². The van der Waals surface area contributed by atoms with Crippen LogP contribution in [0, 0.1) is 0 Å². The van der Waals surface area contributed by atoms with Gasteiger partial charge in [-0.15, -0.1) is 11.3 Å². The average molecular weight is 471 g/mol. The van der Waals surface area contributed by atoms with Crippen molar-refractivity contribution in [3.05, 3.63) is 73.8 Å². The number of carbonyl (C=O) groups is 2. The van der Waals surface area contributed by atoms with Crippen LogP contribution in [0.3, 0.4) is 0 Å². The third kappa shape index (κ3) is 5.26. The van der Waals surface area contributed by atoms with Gasteiger partial charge in [-0.25, -0.2) is 9.78 Å². The standard InChI is InChI=1S/C22H22N4O4S2/c1-30-21(29)19-17(8-10-31-19)23-18(27)13-32-22-24-16-7-9-26(12-15(16)20(28)25-22)11-14-5-3-2-4-6-14/h2-6,8,10H,7,9,11-13H2,1H3,(H,23,27)(H,24,25,28). The monoisotopic (exact) mass is 470 g/mol. The lowest BCUT2D eigenvalue weighted by Crippen LogP contribution is -2.35. The first-order valence-electron chi connectivity index (χ1n) is 10.0. The number of fused-ring (bicyclic) bond motifs is 1. The van der Waals surface area contributed by atoms with E-state index in [0.29, 0.717) is 34.2 Å². The van der Waals surface area contributed by atoms with Crippen molar-refractivity contribution >= 4 is 40.7 Å². The van der Waals surface area contributed by atoms with Gasteiger partial charge >= 0.3 is 5.97 Å². The van der Waals surface area contributed by atoms with E-state index in [9.17, 15) is 14.4 Å². The van der Waals surface area contributed by atoms with Crippen molar-refractivity contribution in [2.75, 3.05) is 24.7 Å². The van der Waals surface area contributed by atoms with Gasteiger partial charge in [-0.2, -0.15) is 0 Å². The summed E-state index contributed by atoms with van der Waals surface area (Å²) in [7, 11) is 1.29. The molecule has 3 heterocycles. The number of hydrogen-bond acceptors (Lipinski definition) is 8. The Hall–Kier alpha value is -2.95. The number of aromatic nitrogens is 2. The number of carbonyl (C=O) groups excluding carboxylic acids is 2. The molecular formula is C22H22N4O4S2. The minimum absolute atomic E-state index is 0.0539. The molecule has 0 radical (unpaired) electrons. The van der Waals surface area contributed by atoms with Gasteiger partial charge in [0.05, 0.1) is 29.8 Å². The Morgan fingerprint density at radius 3 is 2.88 bits per heavy atom. The van der Waals surface area contributed by atoms with Crippen LogP contribution in [-0.2, 0) is 29.0 Å². The fourth-order valence-corrected chi connectivity index (χ4v) is 4.93. The molecule has 2 N–H and O–H groups in total. The molecule has 4 rings (SSSR count). The summed E-state index contributed by atoms with van der Waals surface area (Å²) in [4.78, 5) is 46.6. The summed E-state index contributed by atoms with van der Waals surface area (Å²) >= 11 is 2.35. The van der Waals surface area contributed by atoms with E-state index < -0.39 is 5.97 Å². The van der Waals surface area contributed by atoms with Crippen molar-refractivity contribution in [2.24, 2.45) is 0 Å². The summed E-state index contributed by atoms with van der Waals surface area (Å²) in [5, 5.41) is 4.83. The van der Waals surface area contributed by atoms with Crippen LogP contribution in [0.25, 0.3) is 0 Å². The molecule has 32 heavy (non-hydrogen) atoms. The van der Waals surface area contributed by atoms with E-state index in [1.165, 1.54) is 24.0 Å². The van der Waals surface area contributed by atoms with Gasteiger partial charge in [-0.3, -0.25) is 14.5 Å². The Morgan fingerprint density at radius 1 is 1.28 bits per heavy atom. The zero-order valence-corrected chi connectivity index (χ0v) is 19.1. The van der Waals surface area contributed by atoms with Crippen LogP contribution in [0.4, 0.5) is 5.69 Å². The Labute approximate surface area is 193 Å². The summed E-state index contributed by atoms with van der Waals surface area (Å²) < 4.78 is 4.71. The normalized spacial score (nSPS) is 13.4. The van der Waals surface area contributed by atoms with Crippen molar-refractivity contribution in [3.63, 3.8) is 0 Å². The number of hydrogen-bond donors (Lipinski definition) is 2. The molecular weight excluding hydrogens is 448 g/mol. The van der Waals surface area contributed by atoms with Crippen LogP contribution >= 0.6 is 23.1 Å². The van der Waals surface area contributed by atoms with E-state index in [4.69, 9.17) is 4.74 Å². The quantitative estimate of drug-likeness (QED) is 0.311. The highest BCUT2D eigenvalue weighted by Crippen LogP contribution is 2.24. The number of thioether (sulfide) groups is 1. The highest BCUT2D eigenvalue weighted by atomic mass is 32.2. The van der Waals surface area contributed by atoms with Crippen molar-refractivity contribution in [1.29, 1.82) is 0 Å². The number of H-pyrrole nitrogens is 1. The first kappa shape index (κ1) is 22.3. The van der Waals surface area contributed by atoms with Crippen molar-refractivity contribution in [2.45, 2.75) is 24.7 Å². The molecule has 0 unspecified atom stereocenters. The number of nitrogens with zero attached hydrogens (tertiary/aromatic N) is 2. The smallest absolute Gasteiger partial charge is 0.350 e. The zero-order valence-electron chi connectivity index (χ0n) is 17.4. The molecule has 0 atom stereocenters. The molecule has 10 heteroatoms. The number of anilines is 1. The largest absolute Gasteiger partial charge is 0.465 e. The van der Waals surface area contributed by atoms with E-state index in [1.54, 1.807) is 11.4 Å². The summed E-state index contributed by atoms with van der Waals surface area (Å²) in [6.45, 7) is 2.15. The van der Waals surface area contributed by atoms with Gasteiger partial charge in [0.2, 0.25) is 5.91 Å². The zero-order chi connectivity index (χ0) is 22.5. The molecule has 2 aromatic heterocycles. The molecule has 8 nitrogen and oxygen atoms in total. The van der Waals surface area contributed by atoms with E-state index in [1.807, 2.05) is 18.2 Å². The fourth-order valence-electron chi connectivity index (χ4n) is 3.48. The Balaban J connectivity index is 1.37. The van der Waals surface area contributed by atoms with Crippen molar-refractivity contribution in [3.8, 4) is 0 Å². The topological polar surface area (TPSA) is 104 Å². The number of rotatable bonds is 7. The van der Waals surface area contributed by atoms with E-state index in [-0.39, 0.29) is 17.2 Å². The van der Waals surface area contributed by atoms with Crippen LogP contribution < -0.4 is 10.9 Å². The molecule has 166 valence electrons. The first-order chi connectivity index (χ1) is 15.5. The molecule has 1 aliphatic rings. The van der Waals surface area contributed by atoms with Crippen molar-refractivity contribution < 1.29 is 14.3 Å². The Bertz CT molecular complexity index is 1180. The van der Waals surface area contributed by atoms with E-state index >= 15 is 0 Å². The first-order valence-corrected chi connectivity index (χ1v) is 11.9. The molecule has 0 bridgehead atoms. The van der Waals surface area contributed by atoms with Gasteiger partial charge < -0.3 is 15.0 Å². The fraction of sp³-hybridized carbons (Fsp3) is 0.273. The number of methoxy groups -OCH3 is 1. The van der Waals surface area contributed by atoms with Crippen LogP contribution in [0.1, 0.15) is 26.5 Å². The average Bonchev–Trinajstić information content (AvgIpc) is 3.26. The van der Waals surface area contributed by atoms with Crippen molar-refractivity contribution in [1.82, 2.24) is 14.9 Å². The molecule has 1 aliphatic heterocycles. The summed E-state index contributed by atoms with van der Waals surface area (Å²) in [5.41, 5.74) is 2.92. The molecule has 0 saturated heterocycles. The molecule has 3 aromatic rings. The maximum atomic E-state index is 12.7. The second-order valence-electron chi connectivity index (χ2n) is 7.23.